The van der Waals surface area contributed by atoms with E-state index in [2.05, 4.69) is 25.7 Å². The Morgan fingerprint density at radius 2 is 0.909 bits per heavy atom. The molecule has 0 heterocycles. The van der Waals surface area contributed by atoms with Gasteiger partial charge in [-0.05, 0) is 11.8 Å². The SMILES string of the molecule is CCCCCCC[CH2][Zn][CH2]CCCCCCC.OP(O)(O)=S. The molecular formula is C16H37O3PSZn. The van der Waals surface area contributed by atoms with E-state index in [9.17, 15) is 0 Å². The fourth-order valence-corrected chi connectivity index (χ4v) is 6.15. The monoisotopic (exact) mass is 404 g/mol. The number of hydrogen-bond acceptors (Lipinski definition) is 1. The summed E-state index contributed by atoms with van der Waals surface area (Å²) < 4.78 is 0. The van der Waals surface area contributed by atoms with Gasteiger partial charge in [0.1, 0.15) is 0 Å². The molecule has 3 N–H and O–H groups in total. The summed E-state index contributed by atoms with van der Waals surface area (Å²) in [5.74, 6) is 0. The summed E-state index contributed by atoms with van der Waals surface area (Å²) in [4.78, 5) is 22.7. The fraction of sp³-hybridized carbons (Fsp3) is 1.00. The minimum absolute atomic E-state index is 0.0720. The second-order valence-corrected chi connectivity index (χ2v) is 13.1. The molecular weight excluding hydrogens is 369 g/mol. The van der Waals surface area contributed by atoms with Crippen molar-refractivity contribution in [3.8, 4) is 0 Å². The van der Waals surface area contributed by atoms with Crippen LogP contribution in [-0.4, -0.2) is 14.7 Å². The quantitative estimate of drug-likeness (QED) is 0.194. The molecule has 0 aromatic heterocycles. The first-order valence-electron chi connectivity index (χ1n) is 9.20. The van der Waals surface area contributed by atoms with Gasteiger partial charge < -0.3 is 14.7 Å². The Morgan fingerprint density at radius 1 is 0.636 bits per heavy atom. The number of unbranched alkanes of at least 4 members (excludes halogenated alkanes) is 10. The van der Waals surface area contributed by atoms with E-state index in [1.807, 2.05) is 0 Å². The summed E-state index contributed by atoms with van der Waals surface area (Å²) in [6, 6.07) is 0. The van der Waals surface area contributed by atoms with Gasteiger partial charge in [0, 0.05) is 0 Å². The van der Waals surface area contributed by atoms with Crippen LogP contribution in [0.3, 0.4) is 0 Å². The topological polar surface area (TPSA) is 60.7 Å². The minimum atomic E-state index is -3.81. The van der Waals surface area contributed by atoms with Gasteiger partial charge in [-0.15, -0.1) is 0 Å². The van der Waals surface area contributed by atoms with Crippen molar-refractivity contribution in [2.24, 2.45) is 0 Å². The summed E-state index contributed by atoms with van der Waals surface area (Å²) in [6.07, 6.45) is 17.9. The van der Waals surface area contributed by atoms with Gasteiger partial charge in [-0.25, -0.2) is 0 Å². The predicted molar refractivity (Wildman–Crippen MR) is 97.3 cm³/mol. The molecule has 0 fully saturated rings. The Bertz CT molecular complexity index is 227. The number of hydrogen-bond donors (Lipinski definition) is 3. The largest absolute Gasteiger partial charge is 0.325 e. The molecule has 3 nitrogen and oxygen atoms in total. The first-order valence-corrected chi connectivity index (χ1v) is 16.1. The normalized spacial score (nSPS) is 10.8. The molecule has 0 aromatic rings. The zero-order valence-electron chi connectivity index (χ0n) is 14.8. The number of rotatable bonds is 14. The average Bonchev–Trinajstić information content (AvgIpc) is 2.42. The minimum Gasteiger partial charge on any atom is -0.325 e. The van der Waals surface area contributed by atoms with Gasteiger partial charge >= 0.3 is 125 Å². The zero-order valence-corrected chi connectivity index (χ0v) is 19.5. The Balaban J connectivity index is 0. The summed E-state index contributed by atoms with van der Waals surface area (Å²) in [5.41, 5.74) is 0. The molecule has 6 heteroatoms. The van der Waals surface area contributed by atoms with Crippen LogP contribution in [0.1, 0.15) is 90.9 Å². The second-order valence-electron chi connectivity index (χ2n) is 6.11. The predicted octanol–water partition coefficient (Wildman–Crippen LogP) is 5.81. The Labute approximate surface area is 151 Å². The summed E-state index contributed by atoms with van der Waals surface area (Å²) >= 11 is 3.53. The first-order chi connectivity index (χ1) is 10.4. The summed E-state index contributed by atoms with van der Waals surface area (Å²) in [5, 5.41) is 3.35. The van der Waals surface area contributed by atoms with Crippen molar-refractivity contribution >= 4 is 18.5 Å². The zero-order chi connectivity index (χ0) is 17.1. The van der Waals surface area contributed by atoms with Crippen molar-refractivity contribution in [1.82, 2.24) is 0 Å². The third kappa shape index (κ3) is 37.4. The van der Waals surface area contributed by atoms with Crippen LogP contribution in [0.5, 0.6) is 0 Å². The molecule has 0 atom stereocenters. The van der Waals surface area contributed by atoms with Gasteiger partial charge in [-0.1, -0.05) is 0 Å². The molecule has 0 rings (SSSR count). The molecule has 0 aliphatic heterocycles. The van der Waals surface area contributed by atoms with Gasteiger partial charge in [0.15, 0.2) is 0 Å². The van der Waals surface area contributed by atoms with E-state index in [1.54, 1.807) is 22.9 Å². The molecule has 0 amide bonds. The van der Waals surface area contributed by atoms with Gasteiger partial charge in [-0.2, -0.15) is 0 Å². The fourth-order valence-electron chi connectivity index (χ4n) is 2.44. The summed E-state index contributed by atoms with van der Waals surface area (Å²) in [6.45, 7) is 0.797. The third-order valence-electron chi connectivity index (χ3n) is 3.71. The van der Waals surface area contributed by atoms with Crippen molar-refractivity contribution in [1.29, 1.82) is 0 Å². The maximum Gasteiger partial charge on any atom is 0.319 e. The maximum absolute atomic E-state index is 7.56. The smallest absolute Gasteiger partial charge is 0.319 e. The molecule has 0 radical (unpaired) electrons. The van der Waals surface area contributed by atoms with E-state index in [4.69, 9.17) is 14.7 Å². The van der Waals surface area contributed by atoms with E-state index in [0.717, 1.165) is 0 Å². The molecule has 22 heavy (non-hydrogen) atoms. The van der Waals surface area contributed by atoms with E-state index in [0.29, 0.717) is 0 Å². The van der Waals surface area contributed by atoms with Crippen LogP contribution in [0.25, 0.3) is 0 Å². The maximum atomic E-state index is 7.56. The second kappa shape index (κ2) is 20.2. The van der Waals surface area contributed by atoms with Gasteiger partial charge in [0.2, 0.25) is 0 Å². The van der Waals surface area contributed by atoms with Gasteiger partial charge in [0.25, 0.3) is 0 Å². The third-order valence-corrected chi connectivity index (χ3v) is 7.90. The van der Waals surface area contributed by atoms with Crippen LogP contribution in [0, 0.1) is 0 Å². The summed E-state index contributed by atoms with van der Waals surface area (Å²) in [7, 11) is 0. The van der Waals surface area contributed by atoms with Crippen LogP contribution < -0.4 is 0 Å². The van der Waals surface area contributed by atoms with E-state index in [1.165, 1.54) is 64.2 Å². The van der Waals surface area contributed by atoms with Crippen LogP contribution in [0.2, 0.25) is 10.0 Å². The molecule has 0 aliphatic rings. The van der Waals surface area contributed by atoms with Crippen molar-refractivity contribution in [2.45, 2.75) is 101 Å². The van der Waals surface area contributed by atoms with Crippen molar-refractivity contribution < 1.29 is 31.8 Å². The Morgan fingerprint density at radius 3 is 1.23 bits per heavy atom. The first kappa shape index (κ1) is 25.4. The van der Waals surface area contributed by atoms with E-state index < -0.39 is 6.72 Å². The molecule has 0 saturated heterocycles. The standard InChI is InChI=1S/2C8H17.H3O3PS.Zn/c2*1-3-5-7-8-6-4-2;1-4(2,3)5;/h2*1,3-8H2,2H3;(H3,1,2,3,5);. The van der Waals surface area contributed by atoms with Crippen LogP contribution >= 0.6 is 6.72 Å². The molecule has 0 aromatic carbocycles. The van der Waals surface area contributed by atoms with Crippen LogP contribution in [0.15, 0.2) is 0 Å². The van der Waals surface area contributed by atoms with E-state index in [-0.39, 0.29) is 17.1 Å². The van der Waals surface area contributed by atoms with Gasteiger partial charge in [0.05, 0.1) is 0 Å². The average molecular weight is 406 g/mol. The van der Waals surface area contributed by atoms with Crippen LogP contribution in [-0.2, 0) is 28.9 Å². The van der Waals surface area contributed by atoms with Crippen molar-refractivity contribution in [3.63, 3.8) is 0 Å². The molecule has 0 aliphatic carbocycles. The molecule has 0 bridgehead atoms. The molecule has 0 unspecified atom stereocenters. The molecule has 0 spiro atoms. The van der Waals surface area contributed by atoms with Crippen molar-refractivity contribution in [3.05, 3.63) is 0 Å². The van der Waals surface area contributed by atoms with E-state index >= 15 is 0 Å². The molecule has 132 valence electrons. The van der Waals surface area contributed by atoms with Crippen LogP contribution in [0.4, 0.5) is 0 Å². The van der Waals surface area contributed by atoms with Gasteiger partial charge in [-0.3, -0.25) is 0 Å². The Hall–Kier alpha value is 1.15. The van der Waals surface area contributed by atoms with Crippen molar-refractivity contribution in [2.75, 3.05) is 0 Å². The Kier molecular flexibility index (Phi) is 23.3. The molecule has 0 saturated carbocycles.